The monoisotopic (exact) mass is 2110 g/mol. The molecule has 0 unspecified atom stereocenters. The Labute approximate surface area is 902 Å². The second kappa shape index (κ2) is 72.7. The van der Waals surface area contributed by atoms with Crippen LogP contribution in [0.15, 0.2) is 146 Å². The molecule has 0 heterocycles. The van der Waals surface area contributed by atoms with Gasteiger partial charge in [0.25, 0.3) is 0 Å². The van der Waals surface area contributed by atoms with Crippen molar-refractivity contribution in [2.45, 2.75) is 476 Å². The zero-order valence-electron chi connectivity index (χ0n) is 89.7. The SMILES string of the molecule is CCCCCC[C@H]1CC[C@H](C2CCC(C(=O)Oc3ccc([S])cc3)CC2)CC1.CCCCCC[C@H]1CC[C@H](C2CCC(C(=O)Oc3ccc([S])cc3)CC2)CC1.CCCCCC[C@H]1CC[C@H](C2CCC(C(=O)Oc3ccc([S])cc3)CC2)CC1.CCCCCC[C@H]1CC[C@H](C2CCC(C(=O)Oc3ccc([S])cc3)CC2)CC1.CCCCCC[C@H]1CC[C@H](C2CCC(C(=O)Oc3ccc([S])cc3)CC2)CC1.F.F.F.F.F. The zero-order valence-corrected chi connectivity index (χ0v) is 93.8. The van der Waals surface area contributed by atoms with Gasteiger partial charge in [-0.25, -0.2) is 0 Å². The summed E-state index contributed by atoms with van der Waals surface area (Å²) in [4.78, 5) is 66.3. The molecule has 0 aromatic heterocycles. The van der Waals surface area contributed by atoms with Gasteiger partial charge in [-0.1, -0.05) is 322 Å². The van der Waals surface area contributed by atoms with Crippen molar-refractivity contribution < 1.29 is 71.2 Å². The van der Waals surface area contributed by atoms with Crippen LogP contribution in [0.1, 0.15) is 452 Å². The van der Waals surface area contributed by atoms with Gasteiger partial charge >= 0.3 is 29.8 Å². The lowest BCUT2D eigenvalue weighted by atomic mass is 9.68. The van der Waals surface area contributed by atoms with Crippen molar-refractivity contribution in [2.24, 2.45) is 118 Å². The number of benzene rings is 5. The molecule has 10 nitrogen and oxygen atoms in total. The van der Waals surface area contributed by atoms with Crippen molar-refractivity contribution >= 4 is 93.0 Å². The van der Waals surface area contributed by atoms with Crippen LogP contribution in [0.25, 0.3) is 0 Å². The molecule has 0 bridgehead atoms. The average Bonchev–Trinajstić information content (AvgIpc) is 0.852. The summed E-state index contributed by atoms with van der Waals surface area (Å²) in [6, 6.07) is 36.1. The van der Waals surface area contributed by atoms with E-state index in [0.717, 1.165) is 177 Å². The molecular formula is C125H190F5O10S5. The van der Waals surface area contributed by atoms with Crippen LogP contribution < -0.4 is 23.7 Å². The lowest BCUT2D eigenvalue weighted by molar-refractivity contribution is -0.141. The van der Waals surface area contributed by atoms with Gasteiger partial charge in [0.05, 0.1) is 29.6 Å². The Bertz CT molecular complexity index is 3560. The van der Waals surface area contributed by atoms with Crippen molar-refractivity contribution in [3.8, 4) is 28.7 Å². The van der Waals surface area contributed by atoms with Gasteiger partial charge in [-0.2, -0.15) is 0 Å². The molecule has 0 aliphatic heterocycles. The standard InChI is InChI=1S/5C25H37O2S.5FH/c5*1-2-3-4-5-6-19-7-9-20(10-8-19)21-11-13-22(14-12-21)25(26)27-23-15-17-24(28)18-16-23;;;;;/h5*15-22H,2-14H2,1H3;5*1H/t5*19-,20-,21?,22?;;;;;. The maximum absolute atomic E-state index is 12.5. The molecule has 5 radical (unpaired) electrons. The Hall–Kier alpha value is -5.80. The summed E-state index contributed by atoms with van der Waals surface area (Å²) >= 11 is 25.4. The van der Waals surface area contributed by atoms with E-state index < -0.39 is 0 Å². The quantitative estimate of drug-likeness (QED) is 0.0162. The summed E-state index contributed by atoms with van der Waals surface area (Å²) in [6.45, 7) is 11.5. The molecule has 15 rings (SSSR count). The zero-order chi connectivity index (χ0) is 98.8. The second-order valence-corrected chi connectivity index (χ2v) is 48.0. The number of esters is 5. The van der Waals surface area contributed by atoms with E-state index in [9.17, 15) is 24.0 Å². The summed E-state index contributed by atoms with van der Waals surface area (Å²) in [7, 11) is 0. The summed E-state index contributed by atoms with van der Waals surface area (Å²) in [5.41, 5.74) is 0. The van der Waals surface area contributed by atoms with E-state index in [4.69, 9.17) is 86.8 Å². The van der Waals surface area contributed by atoms with Gasteiger partial charge in [0.1, 0.15) is 28.7 Å². The summed E-state index contributed by atoms with van der Waals surface area (Å²) < 4.78 is 27.9. The van der Waals surface area contributed by atoms with Crippen molar-refractivity contribution in [1.82, 2.24) is 0 Å². The molecule has 0 N–H and O–H groups in total. The Balaban J connectivity index is 0.000000275. The van der Waals surface area contributed by atoms with E-state index in [0.29, 0.717) is 28.7 Å². The summed E-state index contributed by atoms with van der Waals surface area (Å²) in [6.07, 6.45) is 86.0. The van der Waals surface area contributed by atoms with E-state index in [2.05, 4.69) is 34.6 Å². The number of hydrogen-bond acceptors (Lipinski definition) is 10. The fourth-order valence-electron chi connectivity index (χ4n) is 26.7. The third-order valence-corrected chi connectivity index (χ3v) is 37.2. The maximum Gasteiger partial charge on any atom is 0.314 e. The molecule has 0 spiro atoms. The van der Waals surface area contributed by atoms with E-state index in [1.165, 1.54) is 353 Å². The van der Waals surface area contributed by atoms with Crippen LogP contribution in [-0.4, -0.2) is 29.8 Å². The van der Waals surface area contributed by atoms with Gasteiger partial charge < -0.3 is 23.7 Å². The number of rotatable bonds is 40. The smallest absolute Gasteiger partial charge is 0.314 e. The summed E-state index contributed by atoms with van der Waals surface area (Å²) in [5.74, 6) is 16.9. The maximum atomic E-state index is 12.5. The highest BCUT2D eigenvalue weighted by atomic mass is 32.1. The van der Waals surface area contributed by atoms with Gasteiger partial charge in [-0.05, 0) is 403 Å². The molecule has 10 aliphatic carbocycles. The van der Waals surface area contributed by atoms with Crippen molar-refractivity contribution in [3.63, 3.8) is 0 Å². The molecule has 815 valence electrons. The average molecular weight is 2110 g/mol. The molecule has 10 aliphatic rings. The first-order valence-electron chi connectivity index (χ1n) is 58.2. The summed E-state index contributed by atoms with van der Waals surface area (Å²) in [5, 5.41) is 0. The number of hydrogen-bond donors (Lipinski definition) is 0. The van der Waals surface area contributed by atoms with Crippen LogP contribution in [0, 0.1) is 118 Å². The minimum atomic E-state index is -0.0497. The van der Waals surface area contributed by atoms with Crippen molar-refractivity contribution in [2.75, 3.05) is 0 Å². The number of halogens is 5. The normalized spacial score (nSPS) is 27.1. The predicted molar refractivity (Wildman–Crippen MR) is 600 cm³/mol. The third kappa shape index (κ3) is 46.7. The largest absolute Gasteiger partial charge is 0.426 e. The van der Waals surface area contributed by atoms with Gasteiger partial charge in [0, 0.05) is 24.5 Å². The fraction of sp³-hybridized carbons (Fsp3) is 0.720. The second-order valence-electron chi connectivity index (χ2n) is 45.7. The Morgan fingerprint density at radius 1 is 0.179 bits per heavy atom. The van der Waals surface area contributed by atoms with Crippen LogP contribution in [0.5, 0.6) is 28.7 Å². The molecule has 10 fully saturated rings. The first-order chi connectivity index (χ1) is 68.3. The topological polar surface area (TPSA) is 132 Å². The van der Waals surface area contributed by atoms with Gasteiger partial charge in [-0.15, -0.1) is 0 Å². The molecule has 10 saturated carbocycles. The minimum absolute atomic E-state index is 0. The van der Waals surface area contributed by atoms with E-state index in [-0.39, 0.29) is 83.0 Å². The lowest BCUT2D eigenvalue weighted by Crippen LogP contribution is -2.30. The highest BCUT2D eigenvalue weighted by molar-refractivity contribution is 7.81. The third-order valence-electron chi connectivity index (χ3n) is 35.9. The van der Waals surface area contributed by atoms with Gasteiger partial charge in [0.15, 0.2) is 0 Å². The number of ether oxygens (including phenoxy) is 5. The van der Waals surface area contributed by atoms with Gasteiger partial charge in [0.2, 0.25) is 0 Å². The van der Waals surface area contributed by atoms with Crippen LogP contribution >= 0.6 is 63.1 Å². The van der Waals surface area contributed by atoms with Crippen molar-refractivity contribution in [1.29, 1.82) is 0 Å². The molecule has 0 saturated heterocycles. The van der Waals surface area contributed by atoms with Crippen LogP contribution in [0.3, 0.4) is 0 Å². The minimum Gasteiger partial charge on any atom is -0.426 e. The molecule has 20 heteroatoms. The van der Waals surface area contributed by atoms with E-state index in [1.54, 1.807) is 60.7 Å². The van der Waals surface area contributed by atoms with E-state index in [1.807, 2.05) is 60.7 Å². The number of unbranched alkanes of at least 4 members (excludes halogenated alkanes) is 15. The molecular weight excluding hydrogens is 1920 g/mol. The fourth-order valence-corrected chi connectivity index (χ4v) is 27.4. The van der Waals surface area contributed by atoms with E-state index >= 15 is 0 Å². The Morgan fingerprint density at radius 2 is 0.297 bits per heavy atom. The lowest BCUT2D eigenvalue weighted by Gasteiger charge is -2.37. The Morgan fingerprint density at radius 3 is 0.414 bits per heavy atom. The highest BCUT2D eigenvalue weighted by Gasteiger charge is 2.40. The van der Waals surface area contributed by atoms with Crippen LogP contribution in [0.4, 0.5) is 23.5 Å². The molecule has 145 heavy (non-hydrogen) atoms. The molecule has 5 aromatic carbocycles. The molecule has 5 aromatic rings. The molecule has 0 atom stereocenters. The molecule has 0 amide bonds. The number of carbonyl (C=O) groups is 5. The van der Waals surface area contributed by atoms with Gasteiger partial charge in [-0.3, -0.25) is 47.5 Å². The first kappa shape index (κ1) is 128. The first-order valence-corrected chi connectivity index (χ1v) is 60.2. The predicted octanol–water partition coefficient (Wildman–Crippen LogP) is 39.4. The Kier molecular flexibility index (Phi) is 64.1. The van der Waals surface area contributed by atoms with Crippen LogP contribution in [-0.2, 0) is 24.0 Å². The number of carbonyl (C=O) groups excluding carboxylic acids is 5. The highest BCUT2D eigenvalue weighted by Crippen LogP contribution is 2.50. The van der Waals surface area contributed by atoms with Crippen molar-refractivity contribution in [3.05, 3.63) is 121 Å². The van der Waals surface area contributed by atoms with Crippen LogP contribution in [0.2, 0.25) is 0 Å².